The lowest BCUT2D eigenvalue weighted by atomic mass is 10.2. The van der Waals surface area contributed by atoms with Gasteiger partial charge in [-0.15, -0.1) is 0 Å². The van der Waals surface area contributed by atoms with E-state index in [1.807, 2.05) is 0 Å². The van der Waals surface area contributed by atoms with Gasteiger partial charge in [-0.05, 0) is 0 Å². The molecule has 4 rings (SSSR count). The van der Waals surface area contributed by atoms with Crippen LogP contribution in [-0.2, 0) is 27.4 Å². The lowest BCUT2D eigenvalue weighted by molar-refractivity contribution is -0.120. The van der Waals surface area contributed by atoms with Crippen LogP contribution in [0.25, 0.3) is 0 Å². The fraction of sp³-hybridized carbons (Fsp3) is 0.571. The largest absolute Gasteiger partial charge is 0.394 e. The van der Waals surface area contributed by atoms with Crippen molar-refractivity contribution in [3.63, 3.8) is 0 Å². The van der Waals surface area contributed by atoms with Crippen LogP contribution in [0.1, 0.15) is 25.3 Å². The predicted molar refractivity (Wildman–Crippen MR) is 118 cm³/mol. The maximum atomic E-state index is 14.3. The maximum Gasteiger partial charge on any atom is 0.333 e. The summed E-state index contributed by atoms with van der Waals surface area (Å²) in [5.74, 6) is -4.04. The Morgan fingerprint density at radius 1 is 0.789 bits per heavy atom. The van der Waals surface area contributed by atoms with Crippen molar-refractivity contribution in [2.24, 2.45) is 0 Å². The summed E-state index contributed by atoms with van der Waals surface area (Å²) in [5, 5.41) is 38.2. The predicted octanol–water partition coefficient (Wildman–Crippen LogP) is -3.84. The first-order valence-corrected chi connectivity index (χ1v) is 11.4. The van der Waals surface area contributed by atoms with Crippen LogP contribution < -0.4 is 22.5 Å². The van der Waals surface area contributed by atoms with Gasteiger partial charge in [0.15, 0.2) is 5.78 Å². The highest BCUT2D eigenvalue weighted by Gasteiger charge is 2.37. The number of ether oxygens (including phenoxy) is 2. The van der Waals surface area contributed by atoms with Gasteiger partial charge in [0.2, 0.25) is 11.6 Å². The van der Waals surface area contributed by atoms with Crippen LogP contribution in [0, 0.1) is 11.6 Å². The van der Waals surface area contributed by atoms with Gasteiger partial charge in [0.05, 0.1) is 50.9 Å². The van der Waals surface area contributed by atoms with E-state index >= 15 is 0 Å². The minimum Gasteiger partial charge on any atom is -0.394 e. The summed E-state index contributed by atoms with van der Waals surface area (Å²) < 4.78 is 40.9. The highest BCUT2D eigenvalue weighted by Crippen LogP contribution is 2.28. The molecule has 2 fully saturated rings. The standard InChI is InChI=1S/C21H24F2N4O11/c22-10-5-24(16-1-12(31)14(7-28)37-16)20(35)26(18(10)33)3-9(30)4-27-19(34)11(23)6-25(21(27)36)17-2-13(32)15(8-29)38-17/h5-6,12-17,28-29,31-32H,1-4,7-8H2/t12-,13-,14+,15+,16+,17+/m0/s1. The van der Waals surface area contributed by atoms with Crippen LogP contribution >= 0.6 is 0 Å². The Balaban J connectivity index is 1.62. The van der Waals surface area contributed by atoms with Gasteiger partial charge in [0.25, 0.3) is 11.1 Å². The van der Waals surface area contributed by atoms with E-state index in [4.69, 9.17) is 9.47 Å². The Labute approximate surface area is 209 Å². The summed E-state index contributed by atoms with van der Waals surface area (Å²) >= 11 is 0. The fourth-order valence-electron chi connectivity index (χ4n) is 4.37. The lowest BCUT2D eigenvalue weighted by Crippen LogP contribution is -2.47. The van der Waals surface area contributed by atoms with E-state index in [0.29, 0.717) is 21.5 Å². The number of rotatable bonds is 8. The molecule has 2 aliphatic heterocycles. The van der Waals surface area contributed by atoms with Crippen molar-refractivity contribution in [1.82, 2.24) is 18.3 Å². The number of hydrogen-bond acceptors (Lipinski definition) is 11. The summed E-state index contributed by atoms with van der Waals surface area (Å²) in [6.45, 7) is -3.42. The number of aliphatic hydroxyl groups is 4. The molecule has 2 aromatic rings. The molecule has 4 heterocycles. The Morgan fingerprint density at radius 3 is 1.47 bits per heavy atom. The third-order valence-electron chi connectivity index (χ3n) is 6.37. The minimum absolute atomic E-state index is 0.185. The SMILES string of the molecule is O=C(Cn1c(=O)c(F)cn([C@H]2C[C@H](O)[C@@H](CO)O2)c1=O)Cn1c(=O)c(F)cn([C@H]2C[C@H](O)[C@@H](CO)O2)c1=O. The number of ketones is 1. The molecule has 17 heteroatoms. The third kappa shape index (κ3) is 5.03. The second-order valence-corrected chi connectivity index (χ2v) is 8.88. The molecule has 2 aliphatic rings. The first-order chi connectivity index (χ1) is 18.0. The van der Waals surface area contributed by atoms with Gasteiger partial charge in [-0.1, -0.05) is 0 Å². The highest BCUT2D eigenvalue weighted by atomic mass is 19.1. The molecular weight excluding hydrogens is 522 g/mol. The number of aliphatic hydroxyl groups excluding tert-OH is 4. The monoisotopic (exact) mass is 546 g/mol. The van der Waals surface area contributed by atoms with Crippen molar-refractivity contribution < 1.29 is 43.5 Å². The molecule has 0 amide bonds. The molecule has 0 aliphatic carbocycles. The zero-order chi connectivity index (χ0) is 27.9. The summed E-state index contributed by atoms with van der Waals surface area (Å²) in [6.07, 6.45) is -6.49. The van der Waals surface area contributed by atoms with E-state index in [1.54, 1.807) is 0 Å². The topological polar surface area (TPSA) is 204 Å². The number of hydrogen-bond donors (Lipinski definition) is 4. The molecule has 0 bridgehead atoms. The molecule has 208 valence electrons. The average molecular weight is 546 g/mol. The number of halogens is 2. The average Bonchev–Trinajstić information content (AvgIpc) is 3.45. The van der Waals surface area contributed by atoms with E-state index < -0.39 is 103 Å². The van der Waals surface area contributed by atoms with Crippen molar-refractivity contribution in [1.29, 1.82) is 0 Å². The maximum absolute atomic E-state index is 14.3. The van der Waals surface area contributed by atoms with Crippen molar-refractivity contribution in [2.75, 3.05) is 13.2 Å². The van der Waals surface area contributed by atoms with E-state index in [0.717, 1.165) is 0 Å². The summed E-state index contributed by atoms with van der Waals surface area (Å²) in [5.41, 5.74) is -5.42. The third-order valence-corrected chi connectivity index (χ3v) is 6.37. The van der Waals surface area contributed by atoms with Gasteiger partial charge in [-0.2, -0.15) is 8.78 Å². The van der Waals surface area contributed by atoms with Crippen LogP contribution in [0.4, 0.5) is 8.78 Å². The van der Waals surface area contributed by atoms with Crippen LogP contribution in [0.3, 0.4) is 0 Å². The molecule has 2 aromatic heterocycles. The lowest BCUT2D eigenvalue weighted by Gasteiger charge is -2.17. The van der Waals surface area contributed by atoms with Crippen molar-refractivity contribution in [3.05, 3.63) is 65.7 Å². The molecule has 15 nitrogen and oxygen atoms in total. The normalized spacial score (nSPS) is 27.2. The van der Waals surface area contributed by atoms with Gasteiger partial charge in [-0.3, -0.25) is 32.7 Å². The zero-order valence-corrected chi connectivity index (χ0v) is 19.6. The molecule has 0 spiro atoms. The van der Waals surface area contributed by atoms with E-state index in [9.17, 15) is 53.2 Å². The zero-order valence-electron chi connectivity index (χ0n) is 19.6. The van der Waals surface area contributed by atoms with Gasteiger partial charge in [-0.25, -0.2) is 9.59 Å². The Morgan fingerprint density at radius 2 is 1.16 bits per heavy atom. The molecule has 6 atom stereocenters. The Kier molecular flexibility index (Phi) is 7.86. The van der Waals surface area contributed by atoms with Gasteiger partial charge in [0.1, 0.15) is 24.7 Å². The molecule has 0 radical (unpaired) electrons. The van der Waals surface area contributed by atoms with Gasteiger partial charge >= 0.3 is 11.4 Å². The molecule has 2 saturated heterocycles. The molecule has 0 unspecified atom stereocenters. The molecular formula is C21H24F2N4O11. The summed E-state index contributed by atoms with van der Waals surface area (Å²) in [7, 11) is 0. The van der Waals surface area contributed by atoms with E-state index in [2.05, 4.69) is 0 Å². The van der Waals surface area contributed by atoms with Crippen LogP contribution in [0.2, 0.25) is 0 Å². The molecule has 4 N–H and O–H groups in total. The van der Waals surface area contributed by atoms with Gasteiger partial charge in [0, 0.05) is 12.8 Å². The van der Waals surface area contributed by atoms with E-state index in [-0.39, 0.29) is 22.0 Å². The van der Waals surface area contributed by atoms with Gasteiger partial charge < -0.3 is 29.9 Å². The smallest absolute Gasteiger partial charge is 0.333 e. The van der Waals surface area contributed by atoms with Crippen LogP contribution in [0.5, 0.6) is 0 Å². The molecule has 38 heavy (non-hydrogen) atoms. The fourth-order valence-corrected chi connectivity index (χ4v) is 4.37. The molecule has 0 aromatic carbocycles. The second kappa shape index (κ2) is 10.8. The van der Waals surface area contributed by atoms with Crippen LogP contribution in [-0.4, -0.2) is 82.1 Å². The van der Waals surface area contributed by atoms with E-state index in [1.165, 1.54) is 0 Å². The minimum atomic E-state index is -1.50. The van der Waals surface area contributed by atoms with Crippen molar-refractivity contribution >= 4 is 5.78 Å². The summed E-state index contributed by atoms with van der Waals surface area (Å²) in [6, 6.07) is 0. The highest BCUT2D eigenvalue weighted by molar-refractivity contribution is 5.77. The van der Waals surface area contributed by atoms with Crippen LogP contribution in [0.15, 0.2) is 31.6 Å². The Hall–Kier alpha value is -3.35. The first kappa shape index (κ1) is 27.7. The summed E-state index contributed by atoms with van der Waals surface area (Å²) in [4.78, 5) is 63.0. The number of carbonyl (C=O) groups is 1. The number of aromatic nitrogens is 4. The quantitative estimate of drug-likeness (QED) is 0.252. The Bertz CT molecular complexity index is 1360. The number of carbonyl (C=O) groups excluding carboxylic acids is 1. The first-order valence-electron chi connectivity index (χ1n) is 11.4. The number of Topliss-reactive ketones (excluding diaryl/α,β-unsaturated/α-hetero) is 1. The number of nitrogens with zero attached hydrogens (tertiary/aromatic N) is 4. The second-order valence-electron chi connectivity index (χ2n) is 8.88. The molecule has 0 saturated carbocycles. The van der Waals surface area contributed by atoms with Crippen molar-refractivity contribution in [3.8, 4) is 0 Å². The van der Waals surface area contributed by atoms with Crippen molar-refractivity contribution in [2.45, 2.75) is 62.8 Å².